The Morgan fingerprint density at radius 3 is 2.56 bits per heavy atom. The van der Waals surface area contributed by atoms with E-state index in [1.807, 2.05) is 0 Å². The molecule has 0 radical (unpaired) electrons. The number of hydrogen-bond donors (Lipinski definition) is 1. The van der Waals surface area contributed by atoms with E-state index in [-0.39, 0.29) is 35.7 Å². The van der Waals surface area contributed by atoms with Crippen LogP contribution in [0.25, 0.3) is 0 Å². The van der Waals surface area contributed by atoms with Crippen LogP contribution in [-0.4, -0.2) is 43.8 Å². The van der Waals surface area contributed by atoms with Crippen molar-refractivity contribution in [1.29, 1.82) is 0 Å². The summed E-state index contributed by atoms with van der Waals surface area (Å²) in [5.41, 5.74) is 0.455. The highest BCUT2D eigenvalue weighted by Crippen LogP contribution is 2.38. The summed E-state index contributed by atoms with van der Waals surface area (Å²) >= 11 is 6.13. The number of anilines is 1. The fourth-order valence-corrected chi connectivity index (χ4v) is 5.88. The Balaban J connectivity index is 1.82. The van der Waals surface area contributed by atoms with Crippen molar-refractivity contribution >= 4 is 33.1 Å². The SMILES string of the molecule is O=C(O)[C@@H]1CC[C@@H](S(=O)(=O)c2ccc(N3CCC(F)(F)C3)cc2Cl)C1. The fraction of sp³-hybridized carbons (Fsp3) is 0.562. The van der Waals surface area contributed by atoms with Crippen molar-refractivity contribution in [2.75, 3.05) is 18.0 Å². The Hall–Kier alpha value is -1.41. The molecule has 0 bridgehead atoms. The van der Waals surface area contributed by atoms with Gasteiger partial charge in [0.25, 0.3) is 5.92 Å². The number of carboxylic acid groups (broad SMARTS) is 1. The van der Waals surface area contributed by atoms with E-state index in [0.717, 1.165) is 0 Å². The normalized spacial score (nSPS) is 26.1. The zero-order valence-corrected chi connectivity index (χ0v) is 14.9. The van der Waals surface area contributed by atoms with E-state index < -0.39 is 39.4 Å². The van der Waals surface area contributed by atoms with Crippen molar-refractivity contribution in [3.63, 3.8) is 0 Å². The predicted octanol–water partition coefficient (Wildman–Crippen LogP) is 3.21. The Morgan fingerprint density at radius 1 is 1.32 bits per heavy atom. The molecular formula is C16H18ClF2NO4S. The number of rotatable bonds is 4. The van der Waals surface area contributed by atoms with Crippen LogP contribution in [0.4, 0.5) is 14.5 Å². The molecule has 1 aliphatic carbocycles. The number of aliphatic carboxylic acids is 1. The average Bonchev–Trinajstić information content (AvgIpc) is 3.13. The molecule has 2 fully saturated rings. The van der Waals surface area contributed by atoms with Gasteiger partial charge in [-0.15, -0.1) is 0 Å². The summed E-state index contributed by atoms with van der Waals surface area (Å²) in [6, 6.07) is 4.20. The maximum Gasteiger partial charge on any atom is 0.306 e. The smallest absolute Gasteiger partial charge is 0.306 e. The molecule has 5 nitrogen and oxygen atoms in total. The monoisotopic (exact) mass is 393 g/mol. The highest BCUT2D eigenvalue weighted by atomic mass is 35.5. The van der Waals surface area contributed by atoms with Crippen molar-refractivity contribution in [3.8, 4) is 0 Å². The summed E-state index contributed by atoms with van der Waals surface area (Å²) in [4.78, 5) is 12.4. The number of sulfone groups is 1. The highest BCUT2D eigenvalue weighted by molar-refractivity contribution is 7.92. The van der Waals surface area contributed by atoms with Crippen LogP contribution in [0.3, 0.4) is 0 Å². The van der Waals surface area contributed by atoms with Gasteiger partial charge < -0.3 is 10.0 Å². The second kappa shape index (κ2) is 6.39. The molecule has 0 amide bonds. The summed E-state index contributed by atoms with van der Waals surface area (Å²) in [5, 5.41) is 8.23. The zero-order valence-electron chi connectivity index (χ0n) is 13.3. The number of carboxylic acids is 1. The van der Waals surface area contributed by atoms with Gasteiger partial charge >= 0.3 is 5.97 Å². The molecule has 2 atom stereocenters. The Kier molecular flexibility index (Phi) is 4.70. The minimum absolute atomic E-state index is 0.0218. The van der Waals surface area contributed by atoms with Crippen molar-refractivity contribution < 1.29 is 27.1 Å². The van der Waals surface area contributed by atoms with Gasteiger partial charge in [-0.25, -0.2) is 17.2 Å². The molecule has 9 heteroatoms. The van der Waals surface area contributed by atoms with Crippen LogP contribution in [0, 0.1) is 5.92 Å². The van der Waals surface area contributed by atoms with Crippen LogP contribution in [0.2, 0.25) is 5.02 Å². The first kappa shape index (κ1) is 18.4. The molecule has 1 aromatic rings. The summed E-state index contributed by atoms with van der Waals surface area (Å²) in [5.74, 6) is -4.41. The molecule has 138 valence electrons. The minimum atomic E-state index is -3.76. The molecular weight excluding hydrogens is 376 g/mol. The number of halogens is 3. The van der Waals surface area contributed by atoms with Crippen molar-refractivity contribution in [1.82, 2.24) is 0 Å². The summed E-state index contributed by atoms with van der Waals surface area (Å²) in [6.45, 7) is -0.239. The van der Waals surface area contributed by atoms with Gasteiger partial charge in [0.1, 0.15) is 0 Å². The number of benzene rings is 1. The second-order valence-corrected chi connectivity index (χ2v) is 9.26. The van der Waals surface area contributed by atoms with E-state index in [1.54, 1.807) is 0 Å². The summed E-state index contributed by atoms with van der Waals surface area (Å²) < 4.78 is 52.2. The third-order valence-corrected chi connectivity index (χ3v) is 7.63. The lowest BCUT2D eigenvalue weighted by molar-refractivity contribution is -0.141. The lowest BCUT2D eigenvalue weighted by atomic mass is 10.1. The van der Waals surface area contributed by atoms with E-state index in [0.29, 0.717) is 12.1 Å². The van der Waals surface area contributed by atoms with E-state index in [9.17, 15) is 22.0 Å². The standard InChI is InChI=1S/C16H18ClF2NO4S/c17-13-8-11(20-6-5-16(18,19)9-20)2-4-14(13)25(23,24)12-3-1-10(7-12)15(21)22/h2,4,8,10,12H,1,3,5-7,9H2,(H,21,22)/t10-,12-/m1/s1. The van der Waals surface area contributed by atoms with Gasteiger partial charge in [-0.1, -0.05) is 11.6 Å². The van der Waals surface area contributed by atoms with Crippen LogP contribution in [0.1, 0.15) is 25.7 Å². The zero-order chi connectivity index (χ0) is 18.4. The molecule has 2 aliphatic rings. The third-order valence-electron chi connectivity index (χ3n) is 4.93. The number of alkyl halides is 2. The first-order chi connectivity index (χ1) is 11.6. The Morgan fingerprint density at radius 2 is 2.04 bits per heavy atom. The van der Waals surface area contributed by atoms with Crippen LogP contribution in [0.15, 0.2) is 23.1 Å². The van der Waals surface area contributed by atoms with Gasteiger partial charge in [0, 0.05) is 18.7 Å². The van der Waals surface area contributed by atoms with E-state index in [2.05, 4.69) is 0 Å². The first-order valence-corrected chi connectivity index (χ1v) is 9.91. The van der Waals surface area contributed by atoms with Gasteiger partial charge in [0.2, 0.25) is 0 Å². The minimum Gasteiger partial charge on any atom is -0.481 e. The molecule has 1 N–H and O–H groups in total. The largest absolute Gasteiger partial charge is 0.481 e. The number of carbonyl (C=O) groups is 1. The van der Waals surface area contributed by atoms with E-state index in [1.165, 1.54) is 23.1 Å². The lowest BCUT2D eigenvalue weighted by Gasteiger charge is -2.20. The van der Waals surface area contributed by atoms with Crippen molar-refractivity contribution in [2.24, 2.45) is 5.92 Å². The third kappa shape index (κ3) is 3.60. The maximum absolute atomic E-state index is 13.3. The molecule has 0 unspecified atom stereocenters. The quantitative estimate of drug-likeness (QED) is 0.850. The molecule has 0 spiro atoms. The Bertz CT molecular complexity index is 799. The van der Waals surface area contributed by atoms with Gasteiger partial charge in [-0.3, -0.25) is 4.79 Å². The molecule has 1 saturated carbocycles. The number of nitrogens with zero attached hydrogens (tertiary/aromatic N) is 1. The number of hydrogen-bond acceptors (Lipinski definition) is 4. The molecule has 1 saturated heterocycles. The highest BCUT2D eigenvalue weighted by Gasteiger charge is 2.40. The van der Waals surface area contributed by atoms with Crippen molar-refractivity contribution in [3.05, 3.63) is 23.2 Å². The van der Waals surface area contributed by atoms with Crippen LogP contribution in [-0.2, 0) is 14.6 Å². The molecule has 0 aromatic heterocycles. The van der Waals surface area contributed by atoms with Gasteiger partial charge in [0.05, 0.1) is 27.6 Å². The van der Waals surface area contributed by atoms with E-state index in [4.69, 9.17) is 16.7 Å². The lowest BCUT2D eigenvalue weighted by Crippen LogP contribution is -2.25. The molecule has 3 rings (SSSR count). The van der Waals surface area contributed by atoms with Crippen LogP contribution < -0.4 is 4.90 Å². The second-order valence-electron chi connectivity index (χ2n) is 6.66. The molecule has 1 aliphatic heterocycles. The van der Waals surface area contributed by atoms with Crippen molar-refractivity contribution in [2.45, 2.75) is 41.8 Å². The summed E-state index contributed by atoms with van der Waals surface area (Å²) in [6.07, 6.45) is 0.408. The van der Waals surface area contributed by atoms with Gasteiger partial charge in [-0.2, -0.15) is 0 Å². The topological polar surface area (TPSA) is 74.7 Å². The van der Waals surface area contributed by atoms with Crippen LogP contribution >= 0.6 is 11.6 Å². The van der Waals surface area contributed by atoms with Crippen LogP contribution in [0.5, 0.6) is 0 Å². The molecule has 25 heavy (non-hydrogen) atoms. The molecule has 1 heterocycles. The van der Waals surface area contributed by atoms with Gasteiger partial charge in [-0.05, 0) is 37.5 Å². The van der Waals surface area contributed by atoms with Gasteiger partial charge in [0.15, 0.2) is 9.84 Å². The summed E-state index contributed by atoms with van der Waals surface area (Å²) in [7, 11) is -3.76. The molecule has 1 aromatic carbocycles. The Labute approximate surface area is 149 Å². The first-order valence-electron chi connectivity index (χ1n) is 7.99. The predicted molar refractivity (Wildman–Crippen MR) is 89.2 cm³/mol. The maximum atomic E-state index is 13.3. The van der Waals surface area contributed by atoms with E-state index >= 15 is 0 Å². The fourth-order valence-electron chi connectivity index (χ4n) is 3.50. The average molecular weight is 394 g/mol.